The molecule has 5 nitrogen and oxygen atoms in total. The van der Waals surface area contributed by atoms with Gasteiger partial charge in [-0.1, -0.05) is 30.3 Å². The summed E-state index contributed by atoms with van der Waals surface area (Å²) in [6.45, 7) is 15.3. The van der Waals surface area contributed by atoms with Crippen molar-refractivity contribution in [2.75, 3.05) is 26.2 Å². The lowest BCUT2D eigenvalue weighted by molar-refractivity contribution is -0.0946. The first-order chi connectivity index (χ1) is 11.9. The molecular weight excluding hydrogens is 312 g/mol. The molecule has 2 rings (SSSR count). The summed E-state index contributed by atoms with van der Waals surface area (Å²) >= 11 is 0. The van der Waals surface area contributed by atoms with Crippen LogP contribution in [-0.4, -0.2) is 54.8 Å². The second kappa shape index (κ2) is 9.20. The van der Waals surface area contributed by atoms with Gasteiger partial charge in [0, 0.05) is 31.7 Å². The van der Waals surface area contributed by atoms with Gasteiger partial charge in [-0.15, -0.1) is 0 Å². The van der Waals surface area contributed by atoms with Crippen LogP contribution < -0.4 is 10.6 Å². The van der Waals surface area contributed by atoms with E-state index in [4.69, 9.17) is 9.73 Å². The summed E-state index contributed by atoms with van der Waals surface area (Å²) in [5.74, 6) is 0.869. The van der Waals surface area contributed by atoms with Gasteiger partial charge in [0.2, 0.25) is 0 Å². The van der Waals surface area contributed by atoms with Crippen LogP contribution in [0.5, 0.6) is 0 Å². The van der Waals surface area contributed by atoms with Crippen molar-refractivity contribution in [2.45, 2.75) is 58.9 Å². The molecule has 0 aromatic heterocycles. The molecule has 0 spiro atoms. The minimum atomic E-state index is 0.0369. The number of ether oxygens (including phenoxy) is 1. The lowest BCUT2D eigenvalue weighted by atomic mass is 10.00. The molecule has 1 aliphatic heterocycles. The quantitative estimate of drug-likeness (QED) is 0.614. The smallest absolute Gasteiger partial charge is 0.191 e. The van der Waals surface area contributed by atoms with Crippen LogP contribution in [0.1, 0.15) is 40.2 Å². The van der Waals surface area contributed by atoms with Crippen molar-refractivity contribution in [3.63, 3.8) is 0 Å². The summed E-state index contributed by atoms with van der Waals surface area (Å²) < 4.78 is 5.87. The van der Waals surface area contributed by atoms with Crippen molar-refractivity contribution in [1.82, 2.24) is 15.5 Å². The van der Waals surface area contributed by atoms with Crippen molar-refractivity contribution in [1.29, 1.82) is 0 Å². The molecule has 2 N–H and O–H groups in total. The number of guanidine groups is 1. The minimum absolute atomic E-state index is 0.0369. The van der Waals surface area contributed by atoms with Crippen LogP contribution in [0, 0.1) is 0 Å². The maximum atomic E-state index is 5.87. The van der Waals surface area contributed by atoms with Crippen molar-refractivity contribution >= 4 is 5.96 Å². The largest absolute Gasteiger partial charge is 0.373 e. The molecule has 0 bridgehead atoms. The molecule has 0 aliphatic carbocycles. The van der Waals surface area contributed by atoms with E-state index in [-0.39, 0.29) is 17.7 Å². The van der Waals surface area contributed by atoms with Crippen molar-refractivity contribution < 1.29 is 4.74 Å². The van der Waals surface area contributed by atoms with E-state index < -0.39 is 0 Å². The van der Waals surface area contributed by atoms with E-state index in [1.807, 2.05) is 6.07 Å². The zero-order valence-corrected chi connectivity index (χ0v) is 16.4. The fraction of sp³-hybridized carbons (Fsp3) is 0.650. The minimum Gasteiger partial charge on any atom is -0.373 e. The Balaban J connectivity index is 1.94. The monoisotopic (exact) mass is 346 g/mol. The first-order valence-electron chi connectivity index (χ1n) is 9.37. The number of rotatable bonds is 6. The highest BCUT2D eigenvalue weighted by molar-refractivity contribution is 5.79. The normalized spacial score (nSPS) is 22.7. The molecule has 5 heteroatoms. The second-order valence-corrected chi connectivity index (χ2v) is 7.51. The van der Waals surface area contributed by atoms with Gasteiger partial charge in [0.15, 0.2) is 5.96 Å². The fourth-order valence-corrected chi connectivity index (χ4v) is 3.18. The van der Waals surface area contributed by atoms with Crippen LogP contribution in [0.2, 0.25) is 0 Å². The highest BCUT2D eigenvalue weighted by atomic mass is 16.5. The average molecular weight is 347 g/mol. The van der Waals surface area contributed by atoms with Crippen LogP contribution in [0.15, 0.2) is 35.3 Å². The third-order valence-electron chi connectivity index (χ3n) is 4.57. The van der Waals surface area contributed by atoms with E-state index in [0.29, 0.717) is 6.54 Å². The van der Waals surface area contributed by atoms with Gasteiger partial charge in [-0.2, -0.15) is 0 Å². The van der Waals surface area contributed by atoms with Gasteiger partial charge in [-0.05, 0) is 40.2 Å². The van der Waals surface area contributed by atoms with Gasteiger partial charge < -0.3 is 15.4 Å². The molecule has 1 aromatic carbocycles. The molecule has 1 aromatic rings. The van der Waals surface area contributed by atoms with Crippen molar-refractivity contribution in [2.24, 2.45) is 4.99 Å². The first kappa shape index (κ1) is 19.7. The van der Waals surface area contributed by atoms with Crippen LogP contribution >= 0.6 is 0 Å². The van der Waals surface area contributed by atoms with Crippen LogP contribution in [0.3, 0.4) is 0 Å². The molecule has 1 aliphatic rings. The Bertz CT molecular complexity index is 534. The maximum absolute atomic E-state index is 5.87. The van der Waals surface area contributed by atoms with E-state index in [9.17, 15) is 0 Å². The standard InChI is InChI=1S/C20H34N4O/c1-6-21-19(22-12-18-10-8-7-9-11-18)23-15-20(4,5)24-13-16(2)25-17(3)14-24/h7-11,16-17H,6,12-15H2,1-5H3,(H2,21,22,23). The van der Waals surface area contributed by atoms with Gasteiger partial charge in [-0.25, -0.2) is 4.99 Å². The third-order valence-corrected chi connectivity index (χ3v) is 4.57. The van der Waals surface area contributed by atoms with E-state index >= 15 is 0 Å². The van der Waals surface area contributed by atoms with Crippen LogP contribution in [0.4, 0.5) is 0 Å². The zero-order chi connectivity index (χ0) is 18.3. The van der Waals surface area contributed by atoms with E-state index in [0.717, 1.165) is 32.1 Å². The Morgan fingerprint density at radius 3 is 2.40 bits per heavy atom. The summed E-state index contributed by atoms with van der Waals surface area (Å²) in [7, 11) is 0. The van der Waals surface area contributed by atoms with Crippen molar-refractivity contribution in [3.05, 3.63) is 35.9 Å². The molecule has 0 radical (unpaired) electrons. The summed E-state index contributed by atoms with van der Waals surface area (Å²) in [5.41, 5.74) is 1.25. The van der Waals surface area contributed by atoms with E-state index in [1.165, 1.54) is 5.56 Å². The molecule has 2 atom stereocenters. The van der Waals surface area contributed by atoms with Crippen LogP contribution in [-0.2, 0) is 11.3 Å². The topological polar surface area (TPSA) is 48.9 Å². The Labute approximate surface area is 152 Å². The lowest BCUT2D eigenvalue weighted by Crippen LogP contribution is -2.59. The third kappa shape index (κ3) is 6.33. The van der Waals surface area contributed by atoms with Gasteiger partial charge in [0.1, 0.15) is 0 Å². The Hall–Kier alpha value is -1.59. The van der Waals surface area contributed by atoms with Gasteiger partial charge in [0.05, 0.1) is 18.8 Å². The molecule has 0 amide bonds. The molecule has 140 valence electrons. The van der Waals surface area contributed by atoms with Gasteiger partial charge in [0.25, 0.3) is 0 Å². The zero-order valence-electron chi connectivity index (χ0n) is 16.4. The summed E-state index contributed by atoms with van der Waals surface area (Å²) in [6, 6.07) is 10.3. The van der Waals surface area contributed by atoms with Gasteiger partial charge in [-0.3, -0.25) is 4.90 Å². The highest BCUT2D eigenvalue weighted by Crippen LogP contribution is 2.20. The highest BCUT2D eigenvalue weighted by Gasteiger charge is 2.33. The Morgan fingerprint density at radius 1 is 1.16 bits per heavy atom. The van der Waals surface area contributed by atoms with E-state index in [2.05, 4.69) is 74.4 Å². The first-order valence-corrected chi connectivity index (χ1v) is 9.37. The molecule has 1 saturated heterocycles. The molecular formula is C20H34N4O. The summed E-state index contributed by atoms with van der Waals surface area (Å²) in [5, 5.41) is 6.86. The molecule has 1 heterocycles. The number of hydrogen-bond donors (Lipinski definition) is 2. The number of nitrogens with one attached hydrogen (secondary N) is 2. The second-order valence-electron chi connectivity index (χ2n) is 7.51. The van der Waals surface area contributed by atoms with Crippen molar-refractivity contribution in [3.8, 4) is 0 Å². The number of aliphatic imine (C=N–C) groups is 1. The number of hydrogen-bond acceptors (Lipinski definition) is 3. The number of morpholine rings is 1. The molecule has 25 heavy (non-hydrogen) atoms. The predicted molar refractivity (Wildman–Crippen MR) is 105 cm³/mol. The Morgan fingerprint density at radius 2 is 1.80 bits per heavy atom. The average Bonchev–Trinajstić information content (AvgIpc) is 2.57. The Kier molecular flexibility index (Phi) is 7.26. The molecule has 0 saturated carbocycles. The summed E-state index contributed by atoms with van der Waals surface area (Å²) in [4.78, 5) is 7.23. The van der Waals surface area contributed by atoms with Gasteiger partial charge >= 0.3 is 0 Å². The van der Waals surface area contributed by atoms with Crippen LogP contribution in [0.25, 0.3) is 0 Å². The van der Waals surface area contributed by atoms with E-state index in [1.54, 1.807) is 0 Å². The maximum Gasteiger partial charge on any atom is 0.191 e. The molecule has 2 unspecified atom stereocenters. The summed E-state index contributed by atoms with van der Waals surface area (Å²) in [6.07, 6.45) is 0.561. The lowest BCUT2D eigenvalue weighted by Gasteiger charge is -2.45. The predicted octanol–water partition coefficient (Wildman–Crippen LogP) is 2.63. The fourth-order valence-electron chi connectivity index (χ4n) is 3.18. The molecule has 1 fully saturated rings. The SMILES string of the molecule is CCNC(=NCc1ccccc1)NCC(C)(C)N1CC(C)OC(C)C1. The number of benzene rings is 1. The number of nitrogens with zero attached hydrogens (tertiary/aromatic N) is 2.